The standard InChI is InChI=1S/C28H29F2N5O2S/c1-17(29)14-32-15-18-2-7-22(23(30)12-18)24-13-26(37-35-24)27-28(31)33-16-25(34-27)19-3-5-20(6-4-19)38-21-8-10-36-11-9-21/h2-7,12-13,16-17,21,32H,8-11,14-15H2,1H3,(H2,31,33). The second-order valence-electron chi connectivity index (χ2n) is 9.25. The van der Waals surface area contributed by atoms with Gasteiger partial charge in [-0.05, 0) is 49.6 Å². The van der Waals surface area contributed by atoms with Crippen LogP contribution in [0.1, 0.15) is 25.3 Å². The average Bonchev–Trinajstić information content (AvgIpc) is 3.40. The van der Waals surface area contributed by atoms with Crippen LogP contribution in [0.2, 0.25) is 0 Å². The molecule has 0 aliphatic carbocycles. The lowest BCUT2D eigenvalue weighted by atomic mass is 10.1. The number of benzene rings is 2. The predicted molar refractivity (Wildman–Crippen MR) is 145 cm³/mol. The summed E-state index contributed by atoms with van der Waals surface area (Å²) >= 11 is 1.87. The summed E-state index contributed by atoms with van der Waals surface area (Å²) in [6.07, 6.45) is 2.77. The number of rotatable bonds is 9. The molecule has 5 rings (SSSR count). The van der Waals surface area contributed by atoms with Gasteiger partial charge >= 0.3 is 0 Å². The molecular formula is C28H29F2N5O2S. The summed E-state index contributed by atoms with van der Waals surface area (Å²) in [5.74, 6) is 0.0247. The Bertz CT molecular complexity index is 1370. The van der Waals surface area contributed by atoms with E-state index >= 15 is 0 Å². The highest BCUT2D eigenvalue weighted by Crippen LogP contribution is 2.33. The van der Waals surface area contributed by atoms with Crippen molar-refractivity contribution < 1.29 is 18.0 Å². The summed E-state index contributed by atoms with van der Waals surface area (Å²) < 4.78 is 38.7. The molecule has 198 valence electrons. The highest BCUT2D eigenvalue weighted by molar-refractivity contribution is 8.00. The zero-order chi connectivity index (χ0) is 26.5. The van der Waals surface area contributed by atoms with Gasteiger partial charge in [-0.15, -0.1) is 11.8 Å². The third kappa shape index (κ3) is 6.38. The molecule has 0 amide bonds. The molecule has 1 aliphatic rings. The van der Waals surface area contributed by atoms with Gasteiger partial charge in [-0.3, -0.25) is 0 Å². The maximum Gasteiger partial charge on any atom is 0.189 e. The Balaban J connectivity index is 1.32. The van der Waals surface area contributed by atoms with Crippen molar-refractivity contribution in [2.24, 2.45) is 0 Å². The van der Waals surface area contributed by atoms with E-state index in [1.807, 2.05) is 23.9 Å². The van der Waals surface area contributed by atoms with Crippen molar-refractivity contribution in [1.29, 1.82) is 0 Å². The summed E-state index contributed by atoms with van der Waals surface area (Å²) in [6, 6.07) is 14.6. The number of anilines is 1. The highest BCUT2D eigenvalue weighted by atomic mass is 32.2. The number of hydrogen-bond acceptors (Lipinski definition) is 8. The van der Waals surface area contributed by atoms with E-state index in [0.29, 0.717) is 40.2 Å². The first-order valence-corrected chi connectivity index (χ1v) is 13.4. The number of nitrogens with one attached hydrogen (secondary N) is 1. The Morgan fingerprint density at radius 3 is 2.63 bits per heavy atom. The van der Waals surface area contributed by atoms with E-state index in [9.17, 15) is 8.78 Å². The number of hydrogen-bond donors (Lipinski definition) is 2. The number of nitrogens with two attached hydrogens (primary N) is 1. The molecule has 0 spiro atoms. The van der Waals surface area contributed by atoms with Crippen LogP contribution >= 0.6 is 11.8 Å². The van der Waals surface area contributed by atoms with E-state index in [4.69, 9.17) is 15.0 Å². The Hall–Kier alpha value is -3.34. The largest absolute Gasteiger partial charge is 0.382 e. The minimum Gasteiger partial charge on any atom is -0.382 e. The van der Waals surface area contributed by atoms with Crippen molar-refractivity contribution in [2.75, 3.05) is 25.5 Å². The summed E-state index contributed by atoms with van der Waals surface area (Å²) in [5.41, 5.74) is 9.28. The highest BCUT2D eigenvalue weighted by Gasteiger charge is 2.18. The topological polar surface area (TPSA) is 99.1 Å². The number of halogens is 2. The Morgan fingerprint density at radius 2 is 1.89 bits per heavy atom. The average molecular weight is 538 g/mol. The first-order valence-electron chi connectivity index (χ1n) is 12.5. The van der Waals surface area contributed by atoms with Crippen molar-refractivity contribution >= 4 is 17.6 Å². The number of nitrogen functional groups attached to an aromatic ring is 1. The third-order valence-electron chi connectivity index (χ3n) is 6.23. The summed E-state index contributed by atoms with van der Waals surface area (Å²) in [6.45, 7) is 3.68. The van der Waals surface area contributed by atoms with E-state index in [1.165, 1.54) is 17.9 Å². The monoisotopic (exact) mass is 537 g/mol. The molecule has 2 aromatic heterocycles. The maximum atomic E-state index is 14.8. The quantitative estimate of drug-likeness (QED) is 0.272. The van der Waals surface area contributed by atoms with E-state index in [-0.39, 0.29) is 17.9 Å². The molecule has 1 aliphatic heterocycles. The SMILES string of the molecule is CC(F)CNCc1ccc(-c2cc(-c3nc(-c4ccc(SC5CCOCC5)cc4)cnc3N)on2)c(F)c1. The molecule has 10 heteroatoms. The van der Waals surface area contributed by atoms with Crippen LogP contribution in [0.5, 0.6) is 0 Å². The fourth-order valence-electron chi connectivity index (χ4n) is 4.21. The number of alkyl halides is 1. The molecular weight excluding hydrogens is 508 g/mol. The lowest BCUT2D eigenvalue weighted by Crippen LogP contribution is -2.21. The third-order valence-corrected chi connectivity index (χ3v) is 7.58. The molecule has 0 saturated carbocycles. The van der Waals surface area contributed by atoms with Crippen molar-refractivity contribution in [3.63, 3.8) is 0 Å². The van der Waals surface area contributed by atoms with Gasteiger partial charge in [-0.1, -0.05) is 23.4 Å². The lowest BCUT2D eigenvalue weighted by Gasteiger charge is -2.21. The zero-order valence-corrected chi connectivity index (χ0v) is 21.8. The van der Waals surface area contributed by atoms with Crippen LogP contribution in [0.4, 0.5) is 14.6 Å². The van der Waals surface area contributed by atoms with Crippen molar-refractivity contribution in [1.82, 2.24) is 20.4 Å². The Kier molecular flexibility index (Phi) is 8.31. The number of aromatic nitrogens is 3. The van der Waals surface area contributed by atoms with E-state index in [2.05, 4.69) is 32.6 Å². The molecule has 2 aromatic carbocycles. The van der Waals surface area contributed by atoms with E-state index in [0.717, 1.165) is 31.6 Å². The summed E-state index contributed by atoms with van der Waals surface area (Å²) in [5, 5.41) is 7.55. The van der Waals surface area contributed by atoms with Gasteiger partial charge in [0.25, 0.3) is 0 Å². The second kappa shape index (κ2) is 12.0. The van der Waals surface area contributed by atoms with Crippen LogP contribution in [-0.4, -0.2) is 46.3 Å². The van der Waals surface area contributed by atoms with Crippen LogP contribution in [0.25, 0.3) is 34.0 Å². The first-order chi connectivity index (χ1) is 18.5. The normalized spacial score (nSPS) is 15.0. The fourth-order valence-corrected chi connectivity index (χ4v) is 5.32. The fraction of sp³-hybridized carbons (Fsp3) is 0.321. The molecule has 1 fully saturated rings. The molecule has 1 saturated heterocycles. The first kappa shape index (κ1) is 26.3. The van der Waals surface area contributed by atoms with Gasteiger partial charge in [0.1, 0.15) is 17.7 Å². The number of thioether (sulfide) groups is 1. The second-order valence-corrected chi connectivity index (χ2v) is 10.6. The van der Waals surface area contributed by atoms with Gasteiger partial charge in [0.15, 0.2) is 17.3 Å². The molecule has 7 nitrogen and oxygen atoms in total. The summed E-state index contributed by atoms with van der Waals surface area (Å²) in [7, 11) is 0. The van der Waals surface area contributed by atoms with Crippen LogP contribution in [-0.2, 0) is 11.3 Å². The smallest absolute Gasteiger partial charge is 0.189 e. The number of nitrogens with zero attached hydrogens (tertiary/aromatic N) is 3. The van der Waals surface area contributed by atoms with Gasteiger partial charge in [0, 0.05) is 53.6 Å². The van der Waals surface area contributed by atoms with Crippen molar-refractivity contribution in [2.45, 2.75) is 42.6 Å². The van der Waals surface area contributed by atoms with Crippen LogP contribution in [0, 0.1) is 5.82 Å². The molecule has 1 atom stereocenters. The van der Waals surface area contributed by atoms with Gasteiger partial charge < -0.3 is 20.3 Å². The Morgan fingerprint density at radius 1 is 1.11 bits per heavy atom. The van der Waals surface area contributed by atoms with Gasteiger partial charge in [-0.2, -0.15) is 0 Å². The van der Waals surface area contributed by atoms with Gasteiger partial charge in [0.05, 0.1) is 11.9 Å². The van der Waals surface area contributed by atoms with Crippen molar-refractivity contribution in [3.8, 4) is 34.0 Å². The molecule has 4 aromatic rings. The zero-order valence-electron chi connectivity index (χ0n) is 21.0. The minimum absolute atomic E-state index is 0.187. The van der Waals surface area contributed by atoms with Crippen molar-refractivity contribution in [3.05, 3.63) is 66.1 Å². The molecule has 3 N–H and O–H groups in total. The van der Waals surface area contributed by atoms with Crippen LogP contribution in [0.15, 0.2) is 64.1 Å². The predicted octanol–water partition coefficient (Wildman–Crippen LogP) is 5.91. The van der Waals surface area contributed by atoms with E-state index < -0.39 is 12.0 Å². The van der Waals surface area contributed by atoms with Gasteiger partial charge in [0.2, 0.25) is 0 Å². The molecule has 1 unspecified atom stereocenters. The molecule has 0 bridgehead atoms. The van der Waals surface area contributed by atoms with Gasteiger partial charge in [-0.25, -0.2) is 18.7 Å². The molecule has 38 heavy (non-hydrogen) atoms. The number of ether oxygens (including phenoxy) is 1. The van der Waals surface area contributed by atoms with Crippen LogP contribution in [0.3, 0.4) is 0 Å². The molecule has 3 heterocycles. The molecule has 0 radical (unpaired) electrons. The summed E-state index contributed by atoms with van der Waals surface area (Å²) in [4.78, 5) is 10.2. The lowest BCUT2D eigenvalue weighted by molar-refractivity contribution is 0.100. The van der Waals surface area contributed by atoms with E-state index in [1.54, 1.807) is 24.4 Å². The van der Waals surface area contributed by atoms with Crippen LogP contribution < -0.4 is 11.1 Å². The maximum absolute atomic E-state index is 14.8. The Labute approximate surface area is 224 Å². The minimum atomic E-state index is -0.970.